The van der Waals surface area contributed by atoms with Crippen molar-refractivity contribution in [3.63, 3.8) is 0 Å². The highest BCUT2D eigenvalue weighted by Crippen LogP contribution is 2.44. The van der Waals surface area contributed by atoms with E-state index in [0.717, 1.165) is 22.3 Å². The molecular weight excluding hydrogens is 470 g/mol. The van der Waals surface area contributed by atoms with E-state index in [0.29, 0.717) is 10.7 Å². The lowest BCUT2D eigenvalue weighted by Gasteiger charge is -2.14. The first-order chi connectivity index (χ1) is 16.9. The van der Waals surface area contributed by atoms with E-state index >= 15 is 0 Å². The molecule has 1 aliphatic rings. The maximum absolute atomic E-state index is 12.3. The van der Waals surface area contributed by atoms with Crippen LogP contribution in [-0.4, -0.2) is 52.4 Å². The Balaban J connectivity index is 1.23. The van der Waals surface area contributed by atoms with Gasteiger partial charge in [-0.05, 0) is 22.3 Å². The fourth-order valence-electron chi connectivity index (χ4n) is 4.04. The van der Waals surface area contributed by atoms with Crippen LogP contribution in [0, 0.1) is 0 Å². The predicted octanol–water partition coefficient (Wildman–Crippen LogP) is 2.68. The van der Waals surface area contributed by atoms with E-state index in [1.165, 1.54) is 11.3 Å². The third kappa shape index (κ3) is 6.23. The second-order valence-electron chi connectivity index (χ2n) is 8.14. The van der Waals surface area contributed by atoms with Crippen LogP contribution in [-0.2, 0) is 27.3 Å². The molecule has 2 amide bonds. The Kier molecular flexibility index (Phi) is 7.74. The summed E-state index contributed by atoms with van der Waals surface area (Å²) < 4.78 is 5.51. The Bertz CT molecular complexity index is 1180. The van der Waals surface area contributed by atoms with Gasteiger partial charge in [-0.15, -0.1) is 11.3 Å². The number of aliphatic hydroxyl groups excluding tert-OH is 1. The van der Waals surface area contributed by atoms with E-state index in [4.69, 9.17) is 9.84 Å². The van der Waals surface area contributed by atoms with Crippen molar-refractivity contribution in [3.05, 3.63) is 75.7 Å². The number of nitrogens with one attached hydrogen (secondary N) is 2. The molecule has 3 aromatic rings. The average Bonchev–Trinajstić information content (AvgIpc) is 3.42. The van der Waals surface area contributed by atoms with Crippen LogP contribution in [0.2, 0.25) is 0 Å². The summed E-state index contributed by atoms with van der Waals surface area (Å²) in [7, 11) is 0. The number of ether oxygens (including phenoxy) is 1. The molecule has 1 atom stereocenters. The van der Waals surface area contributed by atoms with Gasteiger partial charge < -0.3 is 25.6 Å². The number of amides is 2. The standard InChI is InChI=1S/C25H25N3O6S/c29-16(10-24(31)32)11-26-22(30)9-15-14-35-23(28-15)12-27-25(33)34-13-21-19-7-3-1-5-17(19)18-6-2-4-8-20(18)21/h1-8,14,16,21,29H,9-13H2,(H,26,30)(H,27,33)(H,31,32). The van der Waals surface area contributed by atoms with Gasteiger partial charge in [0, 0.05) is 17.8 Å². The first kappa shape index (κ1) is 24.4. The topological polar surface area (TPSA) is 138 Å². The highest BCUT2D eigenvalue weighted by atomic mass is 32.1. The molecule has 0 saturated carbocycles. The van der Waals surface area contributed by atoms with Crippen molar-refractivity contribution in [2.45, 2.75) is 31.4 Å². The van der Waals surface area contributed by atoms with E-state index < -0.39 is 24.6 Å². The molecule has 1 aliphatic carbocycles. The summed E-state index contributed by atoms with van der Waals surface area (Å²) in [5.74, 6) is -1.54. The van der Waals surface area contributed by atoms with Crippen LogP contribution in [0.25, 0.3) is 11.1 Å². The monoisotopic (exact) mass is 495 g/mol. The minimum Gasteiger partial charge on any atom is -0.481 e. The molecule has 9 nitrogen and oxygen atoms in total. The van der Waals surface area contributed by atoms with Gasteiger partial charge in [-0.25, -0.2) is 9.78 Å². The lowest BCUT2D eigenvalue weighted by molar-refractivity contribution is -0.139. The largest absolute Gasteiger partial charge is 0.481 e. The van der Waals surface area contributed by atoms with E-state index in [-0.39, 0.29) is 37.9 Å². The molecule has 1 unspecified atom stereocenters. The lowest BCUT2D eigenvalue weighted by Crippen LogP contribution is -2.34. The summed E-state index contributed by atoms with van der Waals surface area (Å²) in [5, 5.41) is 25.6. The highest BCUT2D eigenvalue weighted by molar-refractivity contribution is 7.09. The number of hydrogen-bond donors (Lipinski definition) is 4. The molecule has 0 radical (unpaired) electrons. The normalized spacial score (nSPS) is 12.9. The van der Waals surface area contributed by atoms with Gasteiger partial charge >= 0.3 is 12.1 Å². The molecule has 4 N–H and O–H groups in total. The minimum absolute atomic E-state index is 0.0127. The minimum atomic E-state index is -1.15. The van der Waals surface area contributed by atoms with Crippen molar-refractivity contribution in [1.29, 1.82) is 0 Å². The van der Waals surface area contributed by atoms with Crippen LogP contribution >= 0.6 is 11.3 Å². The number of alkyl carbamates (subject to hydrolysis) is 1. The summed E-state index contributed by atoms with van der Waals surface area (Å²) in [6.45, 7) is 0.239. The molecule has 2 aromatic carbocycles. The van der Waals surface area contributed by atoms with E-state index in [1.807, 2.05) is 24.3 Å². The number of aromatic nitrogens is 1. The Morgan fingerprint density at radius 3 is 2.34 bits per heavy atom. The number of thiazole rings is 1. The van der Waals surface area contributed by atoms with Gasteiger partial charge in [-0.1, -0.05) is 48.5 Å². The van der Waals surface area contributed by atoms with Crippen molar-refractivity contribution in [2.24, 2.45) is 0 Å². The number of carbonyl (C=O) groups excluding carboxylic acids is 2. The second kappa shape index (κ2) is 11.1. The molecule has 0 aliphatic heterocycles. The Morgan fingerprint density at radius 1 is 1.03 bits per heavy atom. The Labute approximate surface area is 205 Å². The van der Waals surface area contributed by atoms with Gasteiger partial charge in [0.05, 0.1) is 31.2 Å². The van der Waals surface area contributed by atoms with Crippen LogP contribution in [0.1, 0.15) is 34.2 Å². The van der Waals surface area contributed by atoms with Crippen molar-refractivity contribution in [2.75, 3.05) is 13.2 Å². The lowest BCUT2D eigenvalue weighted by atomic mass is 9.98. The van der Waals surface area contributed by atoms with Gasteiger partial charge in [0.1, 0.15) is 11.6 Å². The number of carboxylic acid groups (broad SMARTS) is 1. The molecule has 4 rings (SSSR count). The van der Waals surface area contributed by atoms with Gasteiger partial charge in [0.2, 0.25) is 5.91 Å². The summed E-state index contributed by atoms with van der Waals surface area (Å²) >= 11 is 1.30. The third-order valence-corrected chi connectivity index (χ3v) is 6.51. The van der Waals surface area contributed by atoms with Gasteiger partial charge in [-0.3, -0.25) is 9.59 Å². The van der Waals surface area contributed by atoms with Crippen LogP contribution in [0.15, 0.2) is 53.9 Å². The van der Waals surface area contributed by atoms with Crippen LogP contribution < -0.4 is 10.6 Å². The Morgan fingerprint density at radius 2 is 1.69 bits per heavy atom. The smallest absolute Gasteiger partial charge is 0.407 e. The molecule has 0 saturated heterocycles. The van der Waals surface area contributed by atoms with E-state index in [9.17, 15) is 19.5 Å². The first-order valence-corrected chi connectivity index (χ1v) is 12.0. The fraction of sp³-hybridized carbons (Fsp3) is 0.280. The summed E-state index contributed by atoms with van der Waals surface area (Å²) in [4.78, 5) is 39.2. The van der Waals surface area contributed by atoms with Gasteiger partial charge in [0.15, 0.2) is 0 Å². The SMILES string of the molecule is O=C(O)CC(O)CNC(=O)Cc1csc(CNC(=O)OCC2c3ccccc3-c3ccccc32)n1. The van der Waals surface area contributed by atoms with Crippen LogP contribution in [0.5, 0.6) is 0 Å². The van der Waals surface area contributed by atoms with Crippen LogP contribution in [0.4, 0.5) is 4.79 Å². The maximum Gasteiger partial charge on any atom is 0.407 e. The molecule has 10 heteroatoms. The van der Waals surface area contributed by atoms with Crippen molar-refractivity contribution in [1.82, 2.24) is 15.6 Å². The number of rotatable bonds is 10. The zero-order valence-corrected chi connectivity index (χ0v) is 19.6. The first-order valence-electron chi connectivity index (χ1n) is 11.1. The number of fused-ring (bicyclic) bond motifs is 3. The zero-order chi connectivity index (χ0) is 24.8. The quantitative estimate of drug-likeness (QED) is 0.339. The van der Waals surface area contributed by atoms with Gasteiger partial charge in [0.25, 0.3) is 0 Å². The molecule has 1 heterocycles. The molecule has 35 heavy (non-hydrogen) atoms. The molecule has 0 bridgehead atoms. The number of hydrogen-bond acceptors (Lipinski definition) is 7. The molecule has 182 valence electrons. The number of carboxylic acids is 1. The Hall–Kier alpha value is -3.76. The van der Waals surface area contributed by atoms with Crippen molar-refractivity contribution >= 4 is 29.3 Å². The molecule has 0 spiro atoms. The fourth-order valence-corrected chi connectivity index (χ4v) is 4.77. The number of nitrogens with zero attached hydrogens (tertiary/aromatic N) is 1. The van der Waals surface area contributed by atoms with Crippen molar-refractivity contribution < 1.29 is 29.3 Å². The third-order valence-electron chi connectivity index (χ3n) is 5.61. The molecule has 0 fully saturated rings. The summed E-state index contributed by atoms with van der Waals surface area (Å²) in [6.07, 6.45) is -2.15. The number of aliphatic hydroxyl groups is 1. The zero-order valence-electron chi connectivity index (χ0n) is 18.8. The second-order valence-corrected chi connectivity index (χ2v) is 9.09. The predicted molar refractivity (Wildman–Crippen MR) is 129 cm³/mol. The van der Waals surface area contributed by atoms with E-state index in [1.54, 1.807) is 5.38 Å². The van der Waals surface area contributed by atoms with E-state index in [2.05, 4.69) is 39.9 Å². The van der Waals surface area contributed by atoms with Crippen molar-refractivity contribution in [3.8, 4) is 11.1 Å². The number of aliphatic carboxylic acids is 1. The summed E-state index contributed by atoms with van der Waals surface area (Å²) in [5.41, 5.74) is 5.12. The number of carbonyl (C=O) groups is 3. The molecular formula is C25H25N3O6S. The summed E-state index contributed by atoms with van der Waals surface area (Å²) in [6, 6.07) is 16.2. The van der Waals surface area contributed by atoms with Gasteiger partial charge in [-0.2, -0.15) is 0 Å². The maximum atomic E-state index is 12.3. The average molecular weight is 496 g/mol. The molecule has 1 aromatic heterocycles. The highest BCUT2D eigenvalue weighted by Gasteiger charge is 2.29. The van der Waals surface area contributed by atoms with Crippen LogP contribution in [0.3, 0.4) is 0 Å². The number of benzene rings is 2.